The quantitative estimate of drug-likeness (QED) is 0.436. The Morgan fingerprint density at radius 1 is 0.957 bits per heavy atom. The number of rotatable bonds is 1. The van der Waals surface area contributed by atoms with E-state index in [1.807, 2.05) is 44.2 Å². The van der Waals surface area contributed by atoms with Gasteiger partial charge in [0, 0.05) is 33.0 Å². The molecule has 2 heterocycles. The molecule has 0 unspecified atom stereocenters. The van der Waals surface area contributed by atoms with Crippen molar-refractivity contribution in [3.63, 3.8) is 0 Å². The monoisotopic (exact) mass is 324 g/mol. The molecule has 3 nitrogen and oxygen atoms in total. The average molecular weight is 325 g/mol. The van der Waals surface area contributed by atoms with Gasteiger partial charge in [0.15, 0.2) is 0 Å². The SMILES string of the molecule is Cc1cc(=O)oc2c(C)c3occ(-c4ccc(Cl)cc4)c3cc12. The highest BCUT2D eigenvalue weighted by atomic mass is 35.5. The van der Waals surface area contributed by atoms with Gasteiger partial charge in [0.2, 0.25) is 0 Å². The van der Waals surface area contributed by atoms with Gasteiger partial charge in [0.25, 0.3) is 0 Å². The molecule has 0 N–H and O–H groups in total. The molecule has 4 heteroatoms. The molecule has 4 aromatic rings. The molecular weight excluding hydrogens is 312 g/mol. The van der Waals surface area contributed by atoms with Crippen LogP contribution in [-0.4, -0.2) is 0 Å². The van der Waals surface area contributed by atoms with Gasteiger partial charge in [-0.3, -0.25) is 0 Å². The van der Waals surface area contributed by atoms with Gasteiger partial charge in [0.05, 0.1) is 6.26 Å². The summed E-state index contributed by atoms with van der Waals surface area (Å²) >= 11 is 5.96. The molecule has 114 valence electrons. The van der Waals surface area contributed by atoms with E-state index in [0.29, 0.717) is 10.6 Å². The minimum atomic E-state index is -0.345. The molecule has 23 heavy (non-hydrogen) atoms. The van der Waals surface area contributed by atoms with Crippen LogP contribution < -0.4 is 5.63 Å². The first-order valence-corrected chi connectivity index (χ1v) is 7.63. The molecule has 4 rings (SSSR count). The Labute approximate surface area is 137 Å². The molecule has 2 aromatic carbocycles. The van der Waals surface area contributed by atoms with E-state index >= 15 is 0 Å². The predicted molar refractivity (Wildman–Crippen MR) is 92.2 cm³/mol. The second-order valence-electron chi connectivity index (χ2n) is 5.66. The lowest BCUT2D eigenvalue weighted by Crippen LogP contribution is -1.99. The van der Waals surface area contributed by atoms with Crippen LogP contribution in [0, 0.1) is 13.8 Å². The van der Waals surface area contributed by atoms with Crippen molar-refractivity contribution in [2.24, 2.45) is 0 Å². The van der Waals surface area contributed by atoms with Crippen LogP contribution in [0.2, 0.25) is 5.02 Å². The molecule has 0 saturated carbocycles. The van der Waals surface area contributed by atoms with Gasteiger partial charge < -0.3 is 8.83 Å². The van der Waals surface area contributed by atoms with Crippen LogP contribution in [0.5, 0.6) is 0 Å². The second kappa shape index (κ2) is 5.00. The minimum absolute atomic E-state index is 0.345. The van der Waals surface area contributed by atoms with E-state index in [4.69, 9.17) is 20.4 Å². The average Bonchev–Trinajstić information content (AvgIpc) is 2.94. The van der Waals surface area contributed by atoms with Gasteiger partial charge in [-0.1, -0.05) is 23.7 Å². The number of furan rings is 1. The van der Waals surface area contributed by atoms with Crippen LogP contribution in [0.1, 0.15) is 11.1 Å². The number of hydrogen-bond acceptors (Lipinski definition) is 3. The zero-order valence-corrected chi connectivity index (χ0v) is 13.4. The Morgan fingerprint density at radius 2 is 1.70 bits per heavy atom. The Morgan fingerprint density at radius 3 is 2.43 bits per heavy atom. The summed E-state index contributed by atoms with van der Waals surface area (Å²) in [6.45, 7) is 3.81. The van der Waals surface area contributed by atoms with Gasteiger partial charge in [0.1, 0.15) is 11.2 Å². The number of hydrogen-bond donors (Lipinski definition) is 0. The summed E-state index contributed by atoms with van der Waals surface area (Å²) in [5, 5.41) is 2.61. The van der Waals surface area contributed by atoms with E-state index in [2.05, 4.69) is 0 Å². The molecule has 0 aliphatic rings. The van der Waals surface area contributed by atoms with Crippen molar-refractivity contribution in [1.82, 2.24) is 0 Å². The predicted octanol–water partition coefficient (Wildman–Crippen LogP) is 5.48. The maximum absolute atomic E-state index is 11.6. The number of fused-ring (bicyclic) bond motifs is 2. The molecule has 0 bridgehead atoms. The smallest absolute Gasteiger partial charge is 0.336 e. The molecular formula is C19H13ClO3. The first-order valence-electron chi connectivity index (χ1n) is 7.26. The van der Waals surface area contributed by atoms with Crippen molar-refractivity contribution >= 4 is 33.5 Å². The topological polar surface area (TPSA) is 43.4 Å². The van der Waals surface area contributed by atoms with Crippen LogP contribution in [0.15, 0.2) is 56.3 Å². The standard InChI is InChI=1S/C19H13ClO3/c1-10-7-17(21)23-19-11(2)18-15(8-14(10)19)16(9-22-18)12-3-5-13(20)6-4-12/h3-9H,1-2H3. The molecule has 0 atom stereocenters. The number of benzene rings is 2. The molecule has 0 fully saturated rings. The maximum atomic E-state index is 11.6. The molecule has 0 aliphatic carbocycles. The zero-order valence-electron chi connectivity index (χ0n) is 12.6. The fraction of sp³-hybridized carbons (Fsp3) is 0.105. The minimum Gasteiger partial charge on any atom is -0.463 e. The summed E-state index contributed by atoms with van der Waals surface area (Å²) < 4.78 is 11.1. The summed E-state index contributed by atoms with van der Waals surface area (Å²) in [6, 6.07) is 11.2. The summed E-state index contributed by atoms with van der Waals surface area (Å²) in [4.78, 5) is 11.6. The van der Waals surface area contributed by atoms with Crippen LogP contribution in [0.3, 0.4) is 0 Å². The molecule has 0 aliphatic heterocycles. The van der Waals surface area contributed by atoms with Crippen LogP contribution in [0.25, 0.3) is 33.1 Å². The fourth-order valence-electron chi connectivity index (χ4n) is 2.98. The van der Waals surface area contributed by atoms with E-state index in [9.17, 15) is 4.79 Å². The second-order valence-corrected chi connectivity index (χ2v) is 6.10. The lowest BCUT2D eigenvalue weighted by Gasteiger charge is -2.05. The van der Waals surface area contributed by atoms with Gasteiger partial charge >= 0.3 is 5.63 Å². The Balaban J connectivity index is 2.10. The molecule has 0 saturated heterocycles. The van der Waals surface area contributed by atoms with Gasteiger partial charge in [-0.15, -0.1) is 0 Å². The Kier molecular flexibility index (Phi) is 3.06. The van der Waals surface area contributed by atoms with Crippen molar-refractivity contribution in [3.05, 3.63) is 69.2 Å². The highest BCUT2D eigenvalue weighted by Crippen LogP contribution is 2.36. The lowest BCUT2D eigenvalue weighted by atomic mass is 10.00. The van der Waals surface area contributed by atoms with E-state index in [0.717, 1.165) is 38.6 Å². The van der Waals surface area contributed by atoms with Gasteiger partial charge in [-0.2, -0.15) is 0 Å². The Bertz CT molecular complexity index is 1100. The Hall–Kier alpha value is -2.52. The third-order valence-corrected chi connectivity index (χ3v) is 4.41. The van der Waals surface area contributed by atoms with Crippen molar-refractivity contribution in [2.45, 2.75) is 13.8 Å². The van der Waals surface area contributed by atoms with Crippen LogP contribution in [-0.2, 0) is 0 Å². The van der Waals surface area contributed by atoms with Crippen molar-refractivity contribution in [1.29, 1.82) is 0 Å². The summed E-state index contributed by atoms with van der Waals surface area (Å²) in [5.74, 6) is 0. The zero-order chi connectivity index (χ0) is 16.1. The van der Waals surface area contributed by atoms with Crippen molar-refractivity contribution < 1.29 is 8.83 Å². The van der Waals surface area contributed by atoms with Crippen LogP contribution >= 0.6 is 11.6 Å². The highest BCUT2D eigenvalue weighted by molar-refractivity contribution is 6.30. The summed E-state index contributed by atoms with van der Waals surface area (Å²) in [7, 11) is 0. The van der Waals surface area contributed by atoms with Crippen LogP contribution in [0.4, 0.5) is 0 Å². The molecule has 2 aromatic heterocycles. The third kappa shape index (κ3) is 2.16. The van der Waals surface area contributed by atoms with E-state index < -0.39 is 0 Å². The fourth-order valence-corrected chi connectivity index (χ4v) is 3.10. The van der Waals surface area contributed by atoms with E-state index in [1.54, 1.807) is 6.26 Å². The van der Waals surface area contributed by atoms with E-state index in [1.165, 1.54) is 6.07 Å². The molecule has 0 radical (unpaired) electrons. The molecule has 0 spiro atoms. The first kappa shape index (κ1) is 14.1. The lowest BCUT2D eigenvalue weighted by molar-refractivity contribution is 0.555. The van der Waals surface area contributed by atoms with Crippen molar-refractivity contribution in [3.8, 4) is 11.1 Å². The number of halogens is 1. The maximum Gasteiger partial charge on any atom is 0.336 e. The summed E-state index contributed by atoms with van der Waals surface area (Å²) in [5.41, 5.74) is 4.72. The van der Waals surface area contributed by atoms with E-state index in [-0.39, 0.29) is 5.63 Å². The third-order valence-electron chi connectivity index (χ3n) is 4.16. The van der Waals surface area contributed by atoms with Gasteiger partial charge in [-0.05, 0) is 43.2 Å². The first-order chi connectivity index (χ1) is 11.0. The van der Waals surface area contributed by atoms with Crippen molar-refractivity contribution in [2.75, 3.05) is 0 Å². The summed E-state index contributed by atoms with van der Waals surface area (Å²) in [6.07, 6.45) is 1.73. The molecule has 0 amide bonds. The number of aryl methyl sites for hydroxylation is 2. The largest absolute Gasteiger partial charge is 0.463 e. The normalized spacial score (nSPS) is 11.4. The van der Waals surface area contributed by atoms with Gasteiger partial charge in [-0.25, -0.2) is 4.79 Å². The highest BCUT2D eigenvalue weighted by Gasteiger charge is 2.16.